The predicted octanol–water partition coefficient (Wildman–Crippen LogP) is 1.92. The first-order valence-electron chi connectivity index (χ1n) is 6.90. The molecule has 2 heterocycles. The number of nitrogen functional groups attached to an aromatic ring is 1. The highest BCUT2D eigenvalue weighted by molar-refractivity contribution is 5.81. The summed E-state index contributed by atoms with van der Waals surface area (Å²) >= 11 is 0. The Morgan fingerprint density at radius 1 is 1.38 bits per heavy atom. The third-order valence-corrected chi connectivity index (χ3v) is 2.88. The van der Waals surface area contributed by atoms with Crippen LogP contribution in [0.25, 0.3) is 11.2 Å². The molecule has 114 valence electrons. The van der Waals surface area contributed by atoms with Gasteiger partial charge in [0.25, 0.3) is 0 Å². The van der Waals surface area contributed by atoms with Gasteiger partial charge in [-0.1, -0.05) is 6.08 Å². The van der Waals surface area contributed by atoms with Crippen LogP contribution in [0.15, 0.2) is 25.3 Å². The van der Waals surface area contributed by atoms with E-state index in [-0.39, 0.29) is 12.3 Å². The second-order valence-electron chi connectivity index (χ2n) is 4.87. The second kappa shape index (κ2) is 7.14. The highest BCUT2D eigenvalue weighted by Gasteiger charge is 2.18. The van der Waals surface area contributed by atoms with Crippen LogP contribution in [0.4, 0.5) is 5.82 Å². The molecular weight excluding hydrogens is 270 g/mol. The van der Waals surface area contributed by atoms with E-state index >= 15 is 0 Å². The van der Waals surface area contributed by atoms with Crippen LogP contribution in [0.5, 0.6) is 0 Å². The monoisotopic (exact) mass is 291 g/mol. The molecule has 0 radical (unpaired) electrons. The minimum absolute atomic E-state index is 0.0673. The van der Waals surface area contributed by atoms with Crippen LogP contribution >= 0.6 is 0 Å². The summed E-state index contributed by atoms with van der Waals surface area (Å²) in [5.74, 6) is 0.391. The quantitative estimate of drug-likeness (QED) is 0.590. The van der Waals surface area contributed by atoms with Gasteiger partial charge in [-0.15, -0.1) is 6.58 Å². The first-order valence-corrected chi connectivity index (χ1v) is 6.90. The van der Waals surface area contributed by atoms with Gasteiger partial charge in [-0.05, 0) is 13.8 Å². The molecule has 0 amide bonds. The first kappa shape index (κ1) is 15.4. The van der Waals surface area contributed by atoms with E-state index in [2.05, 4.69) is 21.5 Å². The summed E-state index contributed by atoms with van der Waals surface area (Å²) in [7, 11) is 0. The fourth-order valence-electron chi connectivity index (χ4n) is 2.06. The Bertz CT molecular complexity index is 596. The summed E-state index contributed by atoms with van der Waals surface area (Å²) in [6.45, 7) is 8.66. The SMILES string of the molecule is C=CCOCC[C@@H](OC(C)C)n1cnc2ncnc(N)c21. The average Bonchev–Trinajstić information content (AvgIpc) is 2.87. The Morgan fingerprint density at radius 2 is 2.19 bits per heavy atom. The van der Waals surface area contributed by atoms with Gasteiger partial charge in [0.15, 0.2) is 11.5 Å². The minimum atomic E-state index is -0.229. The summed E-state index contributed by atoms with van der Waals surface area (Å²) in [5, 5.41) is 0. The minimum Gasteiger partial charge on any atom is -0.382 e. The van der Waals surface area contributed by atoms with E-state index in [1.54, 1.807) is 12.4 Å². The van der Waals surface area contributed by atoms with Crippen LogP contribution in [0, 0.1) is 0 Å². The maximum atomic E-state index is 5.94. The van der Waals surface area contributed by atoms with Crippen molar-refractivity contribution in [1.29, 1.82) is 0 Å². The van der Waals surface area contributed by atoms with Gasteiger partial charge < -0.3 is 15.2 Å². The number of nitrogens with two attached hydrogens (primary N) is 1. The molecule has 0 aliphatic carbocycles. The van der Waals surface area contributed by atoms with Crippen LogP contribution in [0.3, 0.4) is 0 Å². The molecule has 0 spiro atoms. The van der Waals surface area contributed by atoms with Crippen LogP contribution in [-0.2, 0) is 9.47 Å². The lowest BCUT2D eigenvalue weighted by Crippen LogP contribution is -2.19. The molecule has 2 N–H and O–H groups in total. The van der Waals surface area contributed by atoms with Gasteiger partial charge in [-0.2, -0.15) is 0 Å². The molecule has 0 saturated heterocycles. The molecule has 7 heteroatoms. The normalized spacial score (nSPS) is 12.9. The van der Waals surface area contributed by atoms with Crippen LogP contribution in [0.2, 0.25) is 0 Å². The summed E-state index contributed by atoms with van der Waals surface area (Å²) in [6, 6.07) is 0. The smallest absolute Gasteiger partial charge is 0.183 e. The van der Waals surface area contributed by atoms with Gasteiger partial charge in [-0.3, -0.25) is 4.57 Å². The third-order valence-electron chi connectivity index (χ3n) is 2.88. The molecule has 0 fully saturated rings. The van der Waals surface area contributed by atoms with Crippen LogP contribution in [0.1, 0.15) is 26.5 Å². The Balaban J connectivity index is 2.23. The van der Waals surface area contributed by atoms with Gasteiger partial charge in [0.2, 0.25) is 0 Å². The molecule has 21 heavy (non-hydrogen) atoms. The topological polar surface area (TPSA) is 88.1 Å². The molecule has 1 atom stereocenters. The number of rotatable bonds is 8. The maximum absolute atomic E-state index is 5.94. The molecule has 0 aromatic carbocycles. The molecule has 0 unspecified atom stereocenters. The number of hydrogen-bond donors (Lipinski definition) is 1. The van der Waals surface area contributed by atoms with Crippen LogP contribution < -0.4 is 5.73 Å². The molecule has 2 aromatic heterocycles. The Morgan fingerprint density at radius 3 is 2.90 bits per heavy atom. The lowest BCUT2D eigenvalue weighted by molar-refractivity contribution is -0.0515. The van der Waals surface area contributed by atoms with E-state index in [1.807, 2.05) is 18.4 Å². The molecule has 0 aliphatic heterocycles. The molecule has 0 bridgehead atoms. The molecule has 2 aromatic rings. The molecular formula is C14H21N5O2. The van der Waals surface area contributed by atoms with E-state index in [0.717, 1.165) is 0 Å². The van der Waals surface area contributed by atoms with Crippen molar-refractivity contribution in [1.82, 2.24) is 19.5 Å². The second-order valence-corrected chi connectivity index (χ2v) is 4.87. The number of ether oxygens (including phenoxy) is 2. The van der Waals surface area contributed by atoms with Crippen molar-refractivity contribution >= 4 is 17.0 Å². The van der Waals surface area contributed by atoms with E-state index in [0.29, 0.717) is 36.6 Å². The largest absolute Gasteiger partial charge is 0.382 e. The number of aromatic nitrogens is 4. The van der Waals surface area contributed by atoms with Crippen molar-refractivity contribution < 1.29 is 9.47 Å². The number of anilines is 1. The summed E-state index contributed by atoms with van der Waals surface area (Å²) in [6.07, 6.45) is 5.31. The number of imidazole rings is 1. The fraction of sp³-hybridized carbons (Fsp3) is 0.500. The zero-order valence-corrected chi connectivity index (χ0v) is 12.4. The fourth-order valence-corrected chi connectivity index (χ4v) is 2.06. The van der Waals surface area contributed by atoms with Gasteiger partial charge in [0, 0.05) is 6.42 Å². The van der Waals surface area contributed by atoms with Crippen molar-refractivity contribution in [2.45, 2.75) is 32.6 Å². The Hall–Kier alpha value is -1.99. The van der Waals surface area contributed by atoms with Crippen molar-refractivity contribution in [3.63, 3.8) is 0 Å². The Labute approximate surface area is 123 Å². The lowest BCUT2D eigenvalue weighted by atomic mass is 10.3. The van der Waals surface area contributed by atoms with E-state index < -0.39 is 0 Å². The maximum Gasteiger partial charge on any atom is 0.183 e. The summed E-state index contributed by atoms with van der Waals surface area (Å²) in [5.41, 5.74) is 7.18. The third kappa shape index (κ3) is 3.77. The number of nitrogens with zero attached hydrogens (tertiary/aromatic N) is 4. The first-order chi connectivity index (χ1) is 10.1. The zero-order chi connectivity index (χ0) is 15.2. The van der Waals surface area contributed by atoms with Gasteiger partial charge in [0.05, 0.1) is 25.6 Å². The predicted molar refractivity (Wildman–Crippen MR) is 80.6 cm³/mol. The molecule has 7 nitrogen and oxygen atoms in total. The van der Waals surface area contributed by atoms with Gasteiger partial charge in [0.1, 0.15) is 18.1 Å². The summed E-state index contributed by atoms with van der Waals surface area (Å²) < 4.78 is 13.2. The van der Waals surface area contributed by atoms with Crippen LogP contribution in [-0.4, -0.2) is 38.8 Å². The van der Waals surface area contributed by atoms with Crippen molar-refractivity contribution in [2.75, 3.05) is 18.9 Å². The lowest BCUT2D eigenvalue weighted by Gasteiger charge is -2.22. The summed E-state index contributed by atoms with van der Waals surface area (Å²) in [4.78, 5) is 12.4. The van der Waals surface area contributed by atoms with Crippen molar-refractivity contribution in [2.24, 2.45) is 0 Å². The van der Waals surface area contributed by atoms with E-state index in [4.69, 9.17) is 15.2 Å². The van der Waals surface area contributed by atoms with E-state index in [1.165, 1.54) is 6.33 Å². The Kier molecular flexibility index (Phi) is 5.24. The zero-order valence-electron chi connectivity index (χ0n) is 12.4. The average molecular weight is 291 g/mol. The van der Waals surface area contributed by atoms with Gasteiger partial charge >= 0.3 is 0 Å². The molecule has 0 aliphatic rings. The van der Waals surface area contributed by atoms with Gasteiger partial charge in [-0.25, -0.2) is 15.0 Å². The highest BCUT2D eigenvalue weighted by atomic mass is 16.5. The number of fused-ring (bicyclic) bond motifs is 1. The van der Waals surface area contributed by atoms with Crippen molar-refractivity contribution in [3.8, 4) is 0 Å². The highest BCUT2D eigenvalue weighted by Crippen LogP contribution is 2.24. The van der Waals surface area contributed by atoms with E-state index in [9.17, 15) is 0 Å². The van der Waals surface area contributed by atoms with Crippen molar-refractivity contribution in [3.05, 3.63) is 25.3 Å². The standard InChI is InChI=1S/C14H21N5O2/c1-4-6-20-7-5-11(21-10(2)3)19-9-18-14-12(19)13(15)16-8-17-14/h4,8-11H,1,5-7H2,2-3H3,(H2,15,16,17)/t11-/m1/s1. The molecule has 2 rings (SSSR count). The molecule has 0 saturated carbocycles. The number of hydrogen-bond acceptors (Lipinski definition) is 6.